The average molecular weight is 237 g/mol. The third kappa shape index (κ3) is 4.19. The molecular weight excluding hydrogens is 214 g/mol. The number of nitrogens with zero attached hydrogens (tertiary/aromatic N) is 3. The molecule has 1 atom stereocenters. The van der Waals surface area contributed by atoms with Gasteiger partial charge in [0.05, 0.1) is 0 Å². The van der Waals surface area contributed by atoms with Crippen LogP contribution in [0.5, 0.6) is 0 Å². The Labute approximate surface area is 104 Å². The molecule has 1 heterocycles. The van der Waals surface area contributed by atoms with Crippen molar-refractivity contribution in [2.24, 2.45) is 0 Å². The molecule has 0 aliphatic rings. The van der Waals surface area contributed by atoms with E-state index in [9.17, 15) is 0 Å². The first kappa shape index (κ1) is 13.7. The zero-order valence-electron chi connectivity index (χ0n) is 11.4. The van der Waals surface area contributed by atoms with Gasteiger partial charge in [-0.1, -0.05) is 0 Å². The number of likely N-dealkylation sites (N-methyl/N-ethyl adjacent to an activating group) is 1. The van der Waals surface area contributed by atoms with Gasteiger partial charge in [-0.2, -0.15) is 4.98 Å². The zero-order chi connectivity index (χ0) is 12.8. The molecule has 0 amide bonds. The second-order valence-electron chi connectivity index (χ2n) is 4.45. The van der Waals surface area contributed by atoms with Gasteiger partial charge in [0.2, 0.25) is 5.95 Å². The predicted molar refractivity (Wildman–Crippen MR) is 72.6 cm³/mol. The molecule has 0 aliphatic carbocycles. The molecule has 0 bridgehead atoms. The average Bonchev–Trinajstić information content (AvgIpc) is 2.29. The molecule has 1 rings (SSSR count). The maximum Gasteiger partial charge on any atom is 0.224 e. The largest absolute Gasteiger partial charge is 0.368 e. The molecule has 2 N–H and O–H groups in total. The maximum absolute atomic E-state index is 4.44. The summed E-state index contributed by atoms with van der Waals surface area (Å²) in [5.41, 5.74) is 1.07. The minimum atomic E-state index is 0.465. The van der Waals surface area contributed by atoms with E-state index in [0.717, 1.165) is 24.5 Å². The van der Waals surface area contributed by atoms with E-state index in [4.69, 9.17) is 0 Å². The highest BCUT2D eigenvalue weighted by atomic mass is 15.2. The highest BCUT2D eigenvalue weighted by Crippen LogP contribution is 2.12. The number of rotatable bonds is 6. The van der Waals surface area contributed by atoms with Crippen LogP contribution in [-0.4, -0.2) is 48.1 Å². The van der Waals surface area contributed by atoms with Crippen molar-refractivity contribution in [3.8, 4) is 0 Å². The van der Waals surface area contributed by atoms with Gasteiger partial charge in [0.15, 0.2) is 0 Å². The van der Waals surface area contributed by atoms with Gasteiger partial charge in [-0.3, -0.25) is 0 Å². The Morgan fingerprint density at radius 3 is 2.65 bits per heavy atom. The van der Waals surface area contributed by atoms with E-state index < -0.39 is 0 Å². The molecule has 0 aromatic carbocycles. The van der Waals surface area contributed by atoms with E-state index in [-0.39, 0.29) is 0 Å². The summed E-state index contributed by atoms with van der Waals surface area (Å²) in [6.45, 7) is 7.92. The van der Waals surface area contributed by atoms with E-state index in [2.05, 4.69) is 46.5 Å². The second-order valence-corrected chi connectivity index (χ2v) is 4.45. The third-order valence-corrected chi connectivity index (χ3v) is 2.75. The monoisotopic (exact) mass is 237 g/mol. The summed E-state index contributed by atoms with van der Waals surface area (Å²) in [7, 11) is 4.15. The van der Waals surface area contributed by atoms with E-state index in [1.807, 2.05) is 20.0 Å². The number of aromatic nitrogens is 2. The fraction of sp³-hybridized carbons (Fsp3) is 0.667. The first-order valence-corrected chi connectivity index (χ1v) is 6.02. The van der Waals surface area contributed by atoms with Gasteiger partial charge in [0, 0.05) is 30.9 Å². The van der Waals surface area contributed by atoms with Crippen molar-refractivity contribution in [2.45, 2.75) is 26.8 Å². The lowest BCUT2D eigenvalue weighted by atomic mass is 10.3. The first-order valence-electron chi connectivity index (χ1n) is 6.02. The lowest BCUT2D eigenvalue weighted by Crippen LogP contribution is -2.31. The first-order chi connectivity index (χ1) is 8.04. The molecule has 0 saturated heterocycles. The number of hydrogen-bond acceptors (Lipinski definition) is 5. The van der Waals surface area contributed by atoms with Crippen molar-refractivity contribution >= 4 is 11.8 Å². The van der Waals surface area contributed by atoms with E-state index in [0.29, 0.717) is 12.0 Å². The summed E-state index contributed by atoms with van der Waals surface area (Å²) in [6, 6.07) is 0.465. The topological polar surface area (TPSA) is 53.1 Å². The van der Waals surface area contributed by atoms with E-state index >= 15 is 0 Å². The van der Waals surface area contributed by atoms with Gasteiger partial charge in [0.25, 0.3) is 0 Å². The van der Waals surface area contributed by atoms with Gasteiger partial charge < -0.3 is 15.5 Å². The molecule has 1 aromatic heterocycles. The van der Waals surface area contributed by atoms with Crippen molar-refractivity contribution in [1.29, 1.82) is 0 Å². The van der Waals surface area contributed by atoms with Crippen LogP contribution in [0.2, 0.25) is 0 Å². The number of nitrogens with one attached hydrogen (secondary N) is 2. The number of hydrogen-bond donors (Lipinski definition) is 2. The molecule has 5 nitrogen and oxygen atoms in total. The third-order valence-electron chi connectivity index (χ3n) is 2.75. The van der Waals surface area contributed by atoms with Crippen LogP contribution >= 0.6 is 0 Å². The quantitative estimate of drug-likeness (QED) is 0.786. The normalized spacial score (nSPS) is 12.6. The van der Waals surface area contributed by atoms with Crippen LogP contribution in [0.4, 0.5) is 11.8 Å². The Balaban J connectivity index is 2.66. The second kappa shape index (κ2) is 6.39. The lowest BCUT2D eigenvalue weighted by molar-refractivity contribution is 0.326. The van der Waals surface area contributed by atoms with Crippen LogP contribution in [0.3, 0.4) is 0 Å². The summed E-state index contributed by atoms with van der Waals surface area (Å²) in [4.78, 5) is 10.8. The Morgan fingerprint density at radius 2 is 2.06 bits per heavy atom. The van der Waals surface area contributed by atoms with Gasteiger partial charge in [0.1, 0.15) is 5.82 Å². The van der Waals surface area contributed by atoms with E-state index in [1.54, 1.807) is 0 Å². The fourth-order valence-corrected chi connectivity index (χ4v) is 1.29. The number of anilines is 2. The van der Waals surface area contributed by atoms with Crippen molar-refractivity contribution in [3.63, 3.8) is 0 Å². The van der Waals surface area contributed by atoms with Crippen LogP contribution in [0.25, 0.3) is 0 Å². The van der Waals surface area contributed by atoms with Gasteiger partial charge in [-0.25, -0.2) is 4.98 Å². The molecule has 1 aromatic rings. The highest BCUT2D eigenvalue weighted by Gasteiger charge is 2.07. The Morgan fingerprint density at radius 1 is 1.35 bits per heavy atom. The Hall–Kier alpha value is -1.36. The van der Waals surface area contributed by atoms with Crippen LogP contribution < -0.4 is 10.6 Å². The molecule has 0 aliphatic heterocycles. The van der Waals surface area contributed by atoms with Crippen LogP contribution in [0.1, 0.15) is 19.4 Å². The lowest BCUT2D eigenvalue weighted by Gasteiger charge is -2.21. The molecule has 0 radical (unpaired) electrons. The SMILES string of the molecule is CCNc1ncc(C)c(NCC(C)N(C)C)n1. The van der Waals surface area contributed by atoms with Crippen molar-refractivity contribution in [2.75, 3.05) is 37.8 Å². The van der Waals surface area contributed by atoms with Gasteiger partial charge in [-0.15, -0.1) is 0 Å². The minimum Gasteiger partial charge on any atom is -0.368 e. The summed E-state index contributed by atoms with van der Waals surface area (Å²) in [5, 5.41) is 6.47. The molecule has 5 heteroatoms. The van der Waals surface area contributed by atoms with Crippen LogP contribution in [0.15, 0.2) is 6.20 Å². The smallest absolute Gasteiger partial charge is 0.224 e. The van der Waals surface area contributed by atoms with Crippen LogP contribution in [-0.2, 0) is 0 Å². The van der Waals surface area contributed by atoms with Crippen molar-refractivity contribution in [1.82, 2.24) is 14.9 Å². The molecule has 0 saturated carbocycles. The fourth-order valence-electron chi connectivity index (χ4n) is 1.29. The standard InChI is InChI=1S/C12H23N5/c1-6-13-12-15-7-9(2)11(16-12)14-8-10(3)17(4)5/h7,10H,6,8H2,1-5H3,(H2,13,14,15,16). The predicted octanol–water partition coefficient (Wildman–Crippen LogP) is 1.58. The van der Waals surface area contributed by atoms with Crippen LogP contribution in [0, 0.1) is 6.92 Å². The van der Waals surface area contributed by atoms with E-state index in [1.165, 1.54) is 0 Å². The Kier molecular flexibility index (Phi) is 5.15. The maximum atomic E-state index is 4.44. The van der Waals surface area contributed by atoms with Gasteiger partial charge in [-0.05, 0) is 34.9 Å². The summed E-state index contributed by atoms with van der Waals surface area (Å²) in [6.07, 6.45) is 1.84. The van der Waals surface area contributed by atoms with Crippen molar-refractivity contribution in [3.05, 3.63) is 11.8 Å². The molecule has 0 fully saturated rings. The molecule has 0 spiro atoms. The molecular formula is C12H23N5. The minimum absolute atomic E-state index is 0.465. The molecule has 1 unspecified atom stereocenters. The molecule has 96 valence electrons. The van der Waals surface area contributed by atoms with Crippen molar-refractivity contribution < 1.29 is 0 Å². The highest BCUT2D eigenvalue weighted by molar-refractivity contribution is 5.46. The summed E-state index contributed by atoms with van der Waals surface area (Å²) in [5.74, 6) is 1.59. The zero-order valence-corrected chi connectivity index (χ0v) is 11.4. The summed E-state index contributed by atoms with van der Waals surface area (Å²) >= 11 is 0. The Bertz CT molecular complexity index is 351. The van der Waals surface area contributed by atoms with Gasteiger partial charge >= 0.3 is 0 Å². The molecule has 17 heavy (non-hydrogen) atoms. The summed E-state index contributed by atoms with van der Waals surface area (Å²) < 4.78 is 0. The number of aryl methyl sites for hydroxylation is 1.